The standard InChI is InChI=1S/C17H24ClNO/c1-4-6-12(7-5-2)17(18)13-8-9-15-14(10-13)11-16(20)19(15)3/h8-10,12,17H,4-7,11H2,1-3H3. The number of amides is 1. The van der Waals surface area contributed by atoms with E-state index in [4.69, 9.17) is 11.6 Å². The average Bonchev–Trinajstić information content (AvgIpc) is 2.72. The second-order valence-corrected chi connectivity index (χ2v) is 6.23. The molecule has 1 aliphatic rings. The van der Waals surface area contributed by atoms with Crippen LogP contribution in [0, 0.1) is 5.92 Å². The molecule has 0 saturated heterocycles. The number of alkyl halides is 1. The highest BCUT2D eigenvalue weighted by molar-refractivity contribution is 6.21. The number of carbonyl (C=O) groups excluding carboxylic acids is 1. The average molecular weight is 294 g/mol. The van der Waals surface area contributed by atoms with Gasteiger partial charge in [0.25, 0.3) is 0 Å². The van der Waals surface area contributed by atoms with Crippen LogP contribution < -0.4 is 4.90 Å². The molecule has 0 saturated carbocycles. The molecule has 0 bridgehead atoms. The molecule has 0 fully saturated rings. The fourth-order valence-electron chi connectivity index (χ4n) is 3.11. The molecular weight excluding hydrogens is 270 g/mol. The minimum absolute atomic E-state index is 0.0567. The van der Waals surface area contributed by atoms with Gasteiger partial charge in [-0.2, -0.15) is 0 Å². The first-order chi connectivity index (χ1) is 9.58. The number of benzene rings is 1. The van der Waals surface area contributed by atoms with Crippen molar-refractivity contribution in [1.29, 1.82) is 0 Å². The smallest absolute Gasteiger partial charge is 0.231 e. The zero-order valence-electron chi connectivity index (χ0n) is 12.7. The van der Waals surface area contributed by atoms with Crippen molar-refractivity contribution in [3.63, 3.8) is 0 Å². The summed E-state index contributed by atoms with van der Waals surface area (Å²) in [6, 6.07) is 6.26. The highest BCUT2D eigenvalue weighted by atomic mass is 35.5. The molecule has 0 aliphatic carbocycles. The Morgan fingerprint density at radius 1 is 1.25 bits per heavy atom. The molecule has 1 aromatic carbocycles. The lowest BCUT2D eigenvalue weighted by Gasteiger charge is -2.22. The minimum atomic E-state index is 0.0567. The Labute approximate surface area is 127 Å². The predicted molar refractivity (Wildman–Crippen MR) is 85.5 cm³/mol. The van der Waals surface area contributed by atoms with Crippen molar-refractivity contribution in [3.8, 4) is 0 Å². The third-order valence-corrected chi connectivity index (χ3v) is 4.84. The van der Waals surface area contributed by atoms with E-state index in [1.54, 1.807) is 4.90 Å². The number of carbonyl (C=O) groups is 1. The van der Waals surface area contributed by atoms with Gasteiger partial charge in [0.1, 0.15) is 0 Å². The SMILES string of the molecule is CCCC(CCC)C(Cl)c1ccc2c(c1)CC(=O)N2C. The van der Waals surface area contributed by atoms with E-state index in [9.17, 15) is 4.79 Å². The second-order valence-electron chi connectivity index (χ2n) is 5.76. The van der Waals surface area contributed by atoms with Crippen LogP contribution in [-0.2, 0) is 11.2 Å². The zero-order chi connectivity index (χ0) is 14.7. The van der Waals surface area contributed by atoms with Crippen molar-refractivity contribution in [2.24, 2.45) is 5.92 Å². The Morgan fingerprint density at radius 2 is 1.90 bits per heavy atom. The Balaban J connectivity index is 2.21. The molecule has 0 N–H and O–H groups in total. The van der Waals surface area contributed by atoms with Crippen LogP contribution in [0.25, 0.3) is 0 Å². The Kier molecular flexibility index (Phi) is 5.09. The van der Waals surface area contributed by atoms with Gasteiger partial charge in [-0.3, -0.25) is 4.79 Å². The first kappa shape index (κ1) is 15.4. The molecule has 1 atom stereocenters. The molecule has 20 heavy (non-hydrogen) atoms. The van der Waals surface area contributed by atoms with Crippen LogP contribution in [0.5, 0.6) is 0 Å². The second kappa shape index (κ2) is 6.62. The Bertz CT molecular complexity index is 480. The van der Waals surface area contributed by atoms with Crippen molar-refractivity contribution in [1.82, 2.24) is 0 Å². The van der Waals surface area contributed by atoms with E-state index in [-0.39, 0.29) is 11.3 Å². The number of likely N-dealkylation sites (N-methyl/N-ethyl adjacent to an activating group) is 1. The quantitative estimate of drug-likeness (QED) is 0.696. The van der Waals surface area contributed by atoms with E-state index in [0.29, 0.717) is 12.3 Å². The van der Waals surface area contributed by atoms with Crippen LogP contribution in [0.1, 0.15) is 56.0 Å². The third-order valence-electron chi connectivity index (χ3n) is 4.23. The van der Waals surface area contributed by atoms with Gasteiger partial charge in [0, 0.05) is 12.7 Å². The lowest BCUT2D eigenvalue weighted by molar-refractivity contribution is -0.117. The van der Waals surface area contributed by atoms with E-state index in [0.717, 1.165) is 24.1 Å². The molecule has 1 aromatic rings. The van der Waals surface area contributed by atoms with Crippen molar-refractivity contribution in [3.05, 3.63) is 29.3 Å². The molecule has 2 nitrogen and oxygen atoms in total. The Hall–Kier alpha value is -1.02. The molecular formula is C17H24ClNO. The van der Waals surface area contributed by atoms with Crippen LogP contribution in [0.3, 0.4) is 0 Å². The van der Waals surface area contributed by atoms with Gasteiger partial charge >= 0.3 is 0 Å². The first-order valence-electron chi connectivity index (χ1n) is 7.61. The first-order valence-corrected chi connectivity index (χ1v) is 8.05. The van der Waals surface area contributed by atoms with E-state index in [2.05, 4.69) is 26.0 Å². The number of rotatable bonds is 6. The summed E-state index contributed by atoms with van der Waals surface area (Å²) in [7, 11) is 1.84. The number of hydrogen-bond acceptors (Lipinski definition) is 1. The number of fused-ring (bicyclic) bond motifs is 1. The summed E-state index contributed by atoms with van der Waals surface area (Å²) in [6.07, 6.45) is 5.17. The normalized spacial score (nSPS) is 15.8. The predicted octanol–water partition coefficient (Wildman–Crippen LogP) is 4.70. The molecule has 1 aliphatic heterocycles. The van der Waals surface area contributed by atoms with Crippen LogP contribution >= 0.6 is 11.6 Å². The molecule has 110 valence electrons. The van der Waals surface area contributed by atoms with Gasteiger partial charge in [0.15, 0.2) is 0 Å². The number of halogens is 1. The monoisotopic (exact) mass is 293 g/mol. The maximum absolute atomic E-state index is 11.7. The highest BCUT2D eigenvalue weighted by Crippen LogP contribution is 2.38. The van der Waals surface area contributed by atoms with Crippen LogP contribution in [-0.4, -0.2) is 13.0 Å². The van der Waals surface area contributed by atoms with E-state index >= 15 is 0 Å². The van der Waals surface area contributed by atoms with Crippen molar-refractivity contribution in [2.45, 2.75) is 51.3 Å². The Morgan fingerprint density at radius 3 is 2.50 bits per heavy atom. The molecule has 0 radical (unpaired) electrons. The highest BCUT2D eigenvalue weighted by Gasteiger charge is 2.26. The van der Waals surface area contributed by atoms with E-state index in [1.165, 1.54) is 18.4 Å². The summed E-state index contributed by atoms with van der Waals surface area (Å²) >= 11 is 6.71. The maximum Gasteiger partial charge on any atom is 0.231 e. The topological polar surface area (TPSA) is 20.3 Å². The molecule has 1 heterocycles. The van der Waals surface area contributed by atoms with Crippen molar-refractivity contribution < 1.29 is 4.79 Å². The summed E-state index contributed by atoms with van der Waals surface area (Å²) < 4.78 is 0. The van der Waals surface area contributed by atoms with Gasteiger partial charge in [0.05, 0.1) is 11.8 Å². The molecule has 2 rings (SSSR count). The van der Waals surface area contributed by atoms with E-state index < -0.39 is 0 Å². The summed E-state index contributed by atoms with van der Waals surface area (Å²) in [5.41, 5.74) is 3.32. The minimum Gasteiger partial charge on any atom is -0.315 e. The van der Waals surface area contributed by atoms with Gasteiger partial charge in [-0.15, -0.1) is 11.6 Å². The summed E-state index contributed by atoms with van der Waals surface area (Å²) in [4.78, 5) is 13.5. The fraction of sp³-hybridized carbons (Fsp3) is 0.588. The molecule has 1 unspecified atom stereocenters. The fourth-order valence-corrected chi connectivity index (χ4v) is 3.50. The number of nitrogens with zero attached hydrogens (tertiary/aromatic N) is 1. The lowest BCUT2D eigenvalue weighted by atomic mass is 9.90. The zero-order valence-corrected chi connectivity index (χ0v) is 13.4. The van der Waals surface area contributed by atoms with Gasteiger partial charge in [-0.05, 0) is 36.0 Å². The van der Waals surface area contributed by atoms with Gasteiger partial charge < -0.3 is 4.90 Å². The van der Waals surface area contributed by atoms with Gasteiger partial charge in [-0.1, -0.05) is 38.8 Å². The molecule has 3 heteroatoms. The summed E-state index contributed by atoms with van der Waals surface area (Å²) in [6.45, 7) is 4.42. The molecule has 1 amide bonds. The van der Waals surface area contributed by atoms with Crippen molar-refractivity contribution >= 4 is 23.2 Å². The van der Waals surface area contributed by atoms with Crippen LogP contribution in [0.4, 0.5) is 5.69 Å². The maximum atomic E-state index is 11.7. The summed E-state index contributed by atoms with van der Waals surface area (Å²) in [5, 5.41) is 0.0567. The van der Waals surface area contributed by atoms with Crippen LogP contribution in [0.15, 0.2) is 18.2 Å². The van der Waals surface area contributed by atoms with Crippen LogP contribution in [0.2, 0.25) is 0 Å². The van der Waals surface area contributed by atoms with E-state index in [1.807, 2.05) is 13.1 Å². The number of hydrogen-bond donors (Lipinski definition) is 0. The van der Waals surface area contributed by atoms with Crippen molar-refractivity contribution in [2.75, 3.05) is 11.9 Å². The van der Waals surface area contributed by atoms with Gasteiger partial charge in [0.2, 0.25) is 5.91 Å². The third kappa shape index (κ3) is 3.01. The largest absolute Gasteiger partial charge is 0.315 e. The lowest BCUT2D eigenvalue weighted by Crippen LogP contribution is -2.20. The molecule has 0 aromatic heterocycles. The summed E-state index contributed by atoms with van der Waals surface area (Å²) in [5.74, 6) is 0.696. The molecule has 0 spiro atoms. The number of anilines is 1. The van der Waals surface area contributed by atoms with Gasteiger partial charge in [-0.25, -0.2) is 0 Å².